The van der Waals surface area contributed by atoms with E-state index in [-0.39, 0.29) is 16.6 Å². The molecular weight excluding hydrogens is 406 g/mol. The van der Waals surface area contributed by atoms with Crippen LogP contribution in [0.15, 0.2) is 6.07 Å². The summed E-state index contributed by atoms with van der Waals surface area (Å²) in [5.41, 5.74) is 0.159. The van der Waals surface area contributed by atoms with Crippen molar-refractivity contribution >= 4 is 17.6 Å². The second-order valence-electron chi connectivity index (χ2n) is 9.57. The molecule has 0 unspecified atom stereocenters. The second-order valence-corrected chi connectivity index (χ2v) is 9.57. The van der Waals surface area contributed by atoms with Gasteiger partial charge < -0.3 is 15.0 Å². The number of rotatable bonds is 4. The molecule has 0 saturated carbocycles. The van der Waals surface area contributed by atoms with Crippen molar-refractivity contribution in [3.63, 3.8) is 0 Å². The number of nitrogens with one attached hydrogen (secondary N) is 1. The van der Waals surface area contributed by atoms with E-state index in [9.17, 15) is 18.8 Å². The molecule has 10 heteroatoms. The van der Waals surface area contributed by atoms with E-state index < -0.39 is 23.4 Å². The first-order chi connectivity index (χ1) is 14.2. The monoisotopic (exact) mass is 434 g/mol. The Morgan fingerprint density at radius 1 is 1.39 bits per heavy atom. The van der Waals surface area contributed by atoms with E-state index in [2.05, 4.69) is 15.4 Å². The van der Waals surface area contributed by atoms with Crippen molar-refractivity contribution in [2.75, 3.05) is 24.5 Å². The molecule has 8 nitrogen and oxygen atoms in total. The Balaban J connectivity index is 1.87. The number of hydrogen-bond donors (Lipinski definition) is 1. The van der Waals surface area contributed by atoms with Crippen LogP contribution in [0.5, 0.6) is 0 Å². The topological polar surface area (TPSA) is 95.6 Å². The van der Waals surface area contributed by atoms with Crippen molar-refractivity contribution in [1.82, 2.24) is 19.9 Å². The van der Waals surface area contributed by atoms with Gasteiger partial charge in [-0.25, -0.2) is 9.78 Å². The summed E-state index contributed by atoms with van der Waals surface area (Å²) in [4.78, 5) is 18.0. The number of aromatic nitrogens is 3. The van der Waals surface area contributed by atoms with Crippen LogP contribution in [-0.2, 0) is 10.7 Å². The zero-order chi connectivity index (χ0) is 23.2. The lowest BCUT2D eigenvalue weighted by molar-refractivity contribution is 0.00799. The van der Waals surface area contributed by atoms with E-state index in [1.165, 1.54) is 4.52 Å². The van der Waals surface area contributed by atoms with Crippen LogP contribution in [0.1, 0.15) is 58.0 Å². The summed E-state index contributed by atoms with van der Waals surface area (Å²) in [5, 5.41) is 16.3. The molecule has 3 rings (SSSR count). The lowest BCUT2D eigenvalue weighted by atomic mass is 9.90. The van der Waals surface area contributed by atoms with Crippen molar-refractivity contribution in [2.45, 2.75) is 59.5 Å². The molecule has 0 radical (unpaired) electrons. The molecule has 0 aliphatic carbocycles. The highest BCUT2D eigenvalue weighted by Gasteiger charge is 2.37. The van der Waals surface area contributed by atoms with Gasteiger partial charge in [-0.05, 0) is 45.7 Å². The fourth-order valence-electron chi connectivity index (χ4n) is 3.65. The molecule has 168 valence electrons. The van der Waals surface area contributed by atoms with Gasteiger partial charge in [0.1, 0.15) is 17.5 Å². The number of halogens is 2. The minimum atomic E-state index is -3.22. The van der Waals surface area contributed by atoms with Crippen LogP contribution in [0.4, 0.5) is 19.4 Å². The molecule has 2 aromatic heterocycles. The smallest absolute Gasteiger partial charge is 0.407 e. The normalized spacial score (nSPS) is 19.5. The molecule has 0 bridgehead atoms. The molecule has 1 N–H and O–H groups in total. The summed E-state index contributed by atoms with van der Waals surface area (Å²) in [6.07, 6.45) is 0.296. The number of carbonyl (C=O) groups is 1. The first kappa shape index (κ1) is 22.7. The molecule has 0 spiro atoms. The molecule has 3 heterocycles. The third-order valence-electron chi connectivity index (χ3n) is 5.23. The van der Waals surface area contributed by atoms with Gasteiger partial charge in [0.25, 0.3) is 0 Å². The lowest BCUT2D eigenvalue weighted by Gasteiger charge is -2.27. The van der Waals surface area contributed by atoms with Crippen LogP contribution in [0, 0.1) is 23.7 Å². The Hall–Kier alpha value is -2.96. The van der Waals surface area contributed by atoms with Crippen LogP contribution in [0.25, 0.3) is 5.65 Å². The summed E-state index contributed by atoms with van der Waals surface area (Å²) < 4.78 is 34.4. The van der Waals surface area contributed by atoms with Gasteiger partial charge >= 0.3 is 12.0 Å². The van der Waals surface area contributed by atoms with Gasteiger partial charge in [0, 0.05) is 32.0 Å². The molecule has 1 atom stereocenters. The third kappa shape index (κ3) is 4.86. The minimum absolute atomic E-state index is 0.120. The summed E-state index contributed by atoms with van der Waals surface area (Å²) in [7, 11) is 0. The van der Waals surface area contributed by atoms with Crippen LogP contribution in [-0.4, -0.2) is 45.9 Å². The van der Waals surface area contributed by atoms with Gasteiger partial charge in [-0.15, -0.1) is 5.10 Å². The Morgan fingerprint density at radius 2 is 2.06 bits per heavy atom. The first-order valence-electron chi connectivity index (χ1n) is 10.1. The average molecular weight is 434 g/mol. The zero-order valence-corrected chi connectivity index (χ0v) is 18.7. The molecule has 2 aromatic rings. The number of nitrogens with zero attached hydrogens (tertiary/aromatic N) is 5. The molecule has 31 heavy (non-hydrogen) atoms. The highest BCUT2D eigenvalue weighted by molar-refractivity contribution is 5.68. The molecule has 1 aliphatic heterocycles. The average Bonchev–Trinajstić information content (AvgIpc) is 3.23. The van der Waals surface area contributed by atoms with Gasteiger partial charge in [-0.3, -0.25) is 0 Å². The van der Waals surface area contributed by atoms with Gasteiger partial charge in [0.2, 0.25) is 5.82 Å². The van der Waals surface area contributed by atoms with Crippen LogP contribution >= 0.6 is 0 Å². The van der Waals surface area contributed by atoms with Gasteiger partial charge in [0.15, 0.2) is 5.65 Å². The first-order valence-corrected chi connectivity index (χ1v) is 10.1. The van der Waals surface area contributed by atoms with E-state index in [0.717, 1.165) is 13.3 Å². The number of carbonyl (C=O) groups excluding carboxylic acids is 1. The maximum absolute atomic E-state index is 13.9. The predicted molar refractivity (Wildman–Crippen MR) is 111 cm³/mol. The molecule has 1 aliphatic rings. The van der Waals surface area contributed by atoms with E-state index in [1.807, 2.05) is 17.9 Å². The predicted octanol–water partition coefficient (Wildman–Crippen LogP) is 3.76. The number of aryl methyl sites for hydroxylation is 1. The number of hydrogen-bond acceptors (Lipinski definition) is 6. The largest absolute Gasteiger partial charge is 0.444 e. The number of fused-ring (bicyclic) bond motifs is 1. The maximum Gasteiger partial charge on any atom is 0.407 e. The highest BCUT2D eigenvalue weighted by Crippen LogP contribution is 2.35. The number of amides is 1. The number of alkyl carbamates (subject to hydrolysis) is 1. The van der Waals surface area contributed by atoms with Crippen molar-refractivity contribution in [1.29, 1.82) is 5.26 Å². The lowest BCUT2D eigenvalue weighted by Crippen LogP contribution is -2.40. The quantitative estimate of drug-likeness (QED) is 0.787. The van der Waals surface area contributed by atoms with Crippen molar-refractivity contribution < 1.29 is 18.3 Å². The molecule has 1 amide bonds. The maximum atomic E-state index is 13.9. The Labute approximate surface area is 180 Å². The number of pyridine rings is 1. The van der Waals surface area contributed by atoms with Crippen molar-refractivity contribution in [3.8, 4) is 6.07 Å². The van der Waals surface area contributed by atoms with Crippen molar-refractivity contribution in [3.05, 3.63) is 23.0 Å². The van der Waals surface area contributed by atoms with E-state index in [4.69, 9.17) is 4.74 Å². The number of alkyl halides is 2. The minimum Gasteiger partial charge on any atom is -0.444 e. The fourth-order valence-corrected chi connectivity index (χ4v) is 3.65. The standard InChI is InChI=1S/C21H28F2N6O2/c1-13-9-15(29-16(14(13)10-24)26-17(27-29)21(6,22)23)28-8-7-20(5,12-28)11-25-18(30)31-19(2,3)4/h9H,7-8,11-12H2,1-6H3,(H,25,30)/t20-/m0/s1. The van der Waals surface area contributed by atoms with Gasteiger partial charge in [0.05, 0.1) is 5.56 Å². The molecule has 1 fully saturated rings. The van der Waals surface area contributed by atoms with E-state index in [0.29, 0.717) is 31.0 Å². The third-order valence-corrected chi connectivity index (χ3v) is 5.23. The Bertz CT molecular complexity index is 1050. The van der Waals surface area contributed by atoms with Crippen LogP contribution in [0.2, 0.25) is 0 Å². The molecule has 1 saturated heterocycles. The van der Waals surface area contributed by atoms with E-state index >= 15 is 0 Å². The summed E-state index contributed by atoms with van der Waals surface area (Å²) in [5.74, 6) is -3.25. The molecular formula is C21H28F2N6O2. The van der Waals surface area contributed by atoms with E-state index in [1.54, 1.807) is 33.8 Å². The zero-order valence-electron chi connectivity index (χ0n) is 18.7. The van der Waals surface area contributed by atoms with Crippen LogP contribution < -0.4 is 10.2 Å². The summed E-state index contributed by atoms with van der Waals surface area (Å²) in [6, 6.07) is 3.81. The molecule has 0 aromatic carbocycles. The highest BCUT2D eigenvalue weighted by atomic mass is 19.3. The SMILES string of the molecule is Cc1cc(N2CC[C@@](C)(CNC(=O)OC(C)(C)C)C2)n2nc(C(C)(F)F)nc2c1C#N. The number of anilines is 1. The van der Waals surface area contributed by atoms with Crippen LogP contribution in [0.3, 0.4) is 0 Å². The summed E-state index contributed by atoms with van der Waals surface area (Å²) >= 11 is 0. The van der Waals surface area contributed by atoms with Gasteiger partial charge in [-0.2, -0.15) is 18.6 Å². The number of ether oxygens (including phenoxy) is 1. The fraction of sp³-hybridized carbons (Fsp3) is 0.619. The van der Waals surface area contributed by atoms with Crippen molar-refractivity contribution in [2.24, 2.45) is 5.41 Å². The summed E-state index contributed by atoms with van der Waals surface area (Å²) in [6.45, 7) is 11.6. The van der Waals surface area contributed by atoms with Gasteiger partial charge in [-0.1, -0.05) is 6.92 Å². The Morgan fingerprint density at radius 3 is 2.65 bits per heavy atom. The Kier molecular flexibility index (Phi) is 5.59. The second kappa shape index (κ2) is 7.62. The number of nitriles is 1.